The molecule has 0 aromatic heterocycles. The first-order chi connectivity index (χ1) is 13.1. The summed E-state index contributed by atoms with van der Waals surface area (Å²) in [7, 11) is 0. The molecule has 7 nitrogen and oxygen atoms in total. The maximum atomic E-state index is 12.4. The molecule has 152 valence electrons. The minimum Gasteiger partial charge on any atom is -0.464 e. The van der Waals surface area contributed by atoms with Crippen molar-refractivity contribution in [1.82, 2.24) is 10.2 Å². The summed E-state index contributed by atoms with van der Waals surface area (Å²) in [6.45, 7) is 3.91. The van der Waals surface area contributed by atoms with E-state index in [2.05, 4.69) is 5.32 Å². The zero-order valence-corrected chi connectivity index (χ0v) is 16.3. The lowest BCUT2D eigenvalue weighted by atomic mass is 9.80. The van der Waals surface area contributed by atoms with Crippen LogP contribution in [-0.2, 0) is 19.1 Å². The highest BCUT2D eigenvalue weighted by Gasteiger charge is 2.46. The zero-order chi connectivity index (χ0) is 19.2. The molecule has 3 aliphatic rings. The Balaban J connectivity index is 1.46. The largest absolute Gasteiger partial charge is 0.464 e. The Labute approximate surface area is 161 Å². The summed E-state index contributed by atoms with van der Waals surface area (Å²) in [5.41, 5.74) is 0. The van der Waals surface area contributed by atoms with Gasteiger partial charge in [0.05, 0.1) is 19.1 Å². The molecule has 1 aliphatic carbocycles. The van der Waals surface area contributed by atoms with Gasteiger partial charge in [-0.05, 0) is 50.9 Å². The molecule has 7 heteroatoms. The SMILES string of the molecule is CCOC(=O)N1CCCC(C[C@H]2C(=O)NC2C(=O)OCC2CCCCC2)C1. The molecule has 0 aromatic carbocycles. The number of carbonyl (C=O) groups is 3. The van der Waals surface area contributed by atoms with Gasteiger partial charge in [-0.15, -0.1) is 0 Å². The predicted molar refractivity (Wildman–Crippen MR) is 98.9 cm³/mol. The van der Waals surface area contributed by atoms with Gasteiger partial charge in [0.1, 0.15) is 6.04 Å². The molecule has 3 atom stereocenters. The summed E-state index contributed by atoms with van der Waals surface area (Å²) in [4.78, 5) is 38.1. The van der Waals surface area contributed by atoms with E-state index in [9.17, 15) is 14.4 Å². The fraction of sp³-hybridized carbons (Fsp3) is 0.850. The Hall–Kier alpha value is -1.79. The van der Waals surface area contributed by atoms with E-state index >= 15 is 0 Å². The maximum absolute atomic E-state index is 12.4. The quantitative estimate of drug-likeness (QED) is 0.565. The van der Waals surface area contributed by atoms with Crippen molar-refractivity contribution in [3.63, 3.8) is 0 Å². The summed E-state index contributed by atoms with van der Waals surface area (Å²) in [5, 5.41) is 2.71. The van der Waals surface area contributed by atoms with Crippen LogP contribution in [0.2, 0.25) is 0 Å². The van der Waals surface area contributed by atoms with Crippen LogP contribution in [0.3, 0.4) is 0 Å². The number of esters is 1. The van der Waals surface area contributed by atoms with Crippen LogP contribution in [0.15, 0.2) is 0 Å². The third-order valence-corrected chi connectivity index (χ3v) is 6.11. The Bertz CT molecular complexity index is 546. The Morgan fingerprint density at radius 3 is 2.52 bits per heavy atom. The maximum Gasteiger partial charge on any atom is 0.409 e. The molecule has 0 radical (unpaired) electrons. The van der Waals surface area contributed by atoms with E-state index in [1.807, 2.05) is 0 Å². The highest BCUT2D eigenvalue weighted by atomic mass is 16.6. The number of amides is 2. The number of likely N-dealkylation sites (tertiary alicyclic amines) is 1. The van der Waals surface area contributed by atoms with Gasteiger partial charge in [-0.3, -0.25) is 4.79 Å². The first kappa shape index (κ1) is 20.0. The Kier molecular flexibility index (Phi) is 6.96. The normalized spacial score (nSPS) is 28.9. The van der Waals surface area contributed by atoms with E-state index in [0.717, 1.165) is 25.7 Å². The lowest BCUT2D eigenvalue weighted by Gasteiger charge is -2.39. The molecule has 0 bridgehead atoms. The van der Waals surface area contributed by atoms with Gasteiger partial charge in [0, 0.05) is 13.1 Å². The number of hydrogen-bond donors (Lipinski definition) is 1. The first-order valence-corrected chi connectivity index (χ1v) is 10.5. The van der Waals surface area contributed by atoms with E-state index in [4.69, 9.17) is 9.47 Å². The van der Waals surface area contributed by atoms with E-state index in [0.29, 0.717) is 38.6 Å². The molecule has 0 aromatic rings. The Morgan fingerprint density at radius 1 is 1.07 bits per heavy atom. The van der Waals surface area contributed by atoms with Crippen LogP contribution in [-0.4, -0.2) is 55.2 Å². The first-order valence-electron chi connectivity index (χ1n) is 10.5. The van der Waals surface area contributed by atoms with Gasteiger partial charge < -0.3 is 19.7 Å². The number of carbonyl (C=O) groups excluding carboxylic acids is 3. The second-order valence-electron chi connectivity index (χ2n) is 8.12. The predicted octanol–water partition coefficient (Wildman–Crippen LogP) is 2.48. The van der Waals surface area contributed by atoms with Gasteiger partial charge in [-0.25, -0.2) is 9.59 Å². The minimum absolute atomic E-state index is 0.0807. The van der Waals surface area contributed by atoms with Crippen LogP contribution in [0.1, 0.15) is 58.3 Å². The standard InChI is InChI=1S/C20H32N2O5/c1-2-26-20(25)22-10-6-9-15(12-22)11-16-17(21-18(16)23)19(24)27-13-14-7-4-3-5-8-14/h14-17H,2-13H2,1H3,(H,21,23)/t15?,16-,17?/m1/s1. The number of β-lactam (4-membered cyclic amide) rings is 1. The van der Waals surface area contributed by atoms with Gasteiger partial charge in [-0.2, -0.15) is 0 Å². The van der Waals surface area contributed by atoms with E-state index in [1.165, 1.54) is 19.3 Å². The van der Waals surface area contributed by atoms with E-state index < -0.39 is 6.04 Å². The summed E-state index contributed by atoms with van der Waals surface area (Å²) < 4.78 is 10.6. The van der Waals surface area contributed by atoms with Crippen molar-refractivity contribution in [3.05, 3.63) is 0 Å². The second-order valence-corrected chi connectivity index (χ2v) is 8.12. The van der Waals surface area contributed by atoms with Gasteiger partial charge >= 0.3 is 12.1 Å². The average molecular weight is 380 g/mol. The number of rotatable bonds is 6. The molecule has 2 amide bonds. The highest BCUT2D eigenvalue weighted by molar-refractivity contribution is 5.97. The van der Waals surface area contributed by atoms with Crippen LogP contribution in [0.5, 0.6) is 0 Å². The molecule has 0 spiro atoms. The average Bonchev–Trinajstić information content (AvgIpc) is 2.69. The van der Waals surface area contributed by atoms with Crippen LogP contribution in [0, 0.1) is 17.8 Å². The van der Waals surface area contributed by atoms with Crippen LogP contribution < -0.4 is 5.32 Å². The van der Waals surface area contributed by atoms with Crippen LogP contribution in [0.25, 0.3) is 0 Å². The van der Waals surface area contributed by atoms with Crippen molar-refractivity contribution in [2.75, 3.05) is 26.3 Å². The van der Waals surface area contributed by atoms with Crippen molar-refractivity contribution in [2.45, 2.75) is 64.3 Å². The molecule has 2 unspecified atom stereocenters. The minimum atomic E-state index is -0.529. The Morgan fingerprint density at radius 2 is 1.81 bits per heavy atom. The van der Waals surface area contributed by atoms with Gasteiger partial charge in [-0.1, -0.05) is 19.3 Å². The fourth-order valence-electron chi connectivity index (χ4n) is 4.52. The summed E-state index contributed by atoms with van der Waals surface area (Å²) in [6, 6.07) is -0.529. The topological polar surface area (TPSA) is 84.9 Å². The van der Waals surface area contributed by atoms with Crippen LogP contribution >= 0.6 is 0 Å². The molecule has 1 saturated carbocycles. The van der Waals surface area contributed by atoms with Crippen molar-refractivity contribution in [1.29, 1.82) is 0 Å². The van der Waals surface area contributed by atoms with Crippen molar-refractivity contribution in [3.8, 4) is 0 Å². The molecule has 2 saturated heterocycles. The molecule has 27 heavy (non-hydrogen) atoms. The molecule has 2 heterocycles. The fourth-order valence-corrected chi connectivity index (χ4v) is 4.52. The summed E-state index contributed by atoms with van der Waals surface area (Å²) >= 11 is 0. The van der Waals surface area contributed by atoms with E-state index in [1.54, 1.807) is 11.8 Å². The lowest BCUT2D eigenvalue weighted by Crippen LogP contribution is -2.63. The van der Waals surface area contributed by atoms with Crippen molar-refractivity contribution < 1.29 is 23.9 Å². The third kappa shape index (κ3) is 5.14. The molecular weight excluding hydrogens is 348 g/mol. The number of piperidine rings is 1. The number of ether oxygens (including phenoxy) is 2. The zero-order valence-electron chi connectivity index (χ0n) is 16.3. The third-order valence-electron chi connectivity index (χ3n) is 6.11. The monoisotopic (exact) mass is 380 g/mol. The molecule has 2 aliphatic heterocycles. The van der Waals surface area contributed by atoms with E-state index in [-0.39, 0.29) is 29.8 Å². The van der Waals surface area contributed by atoms with Gasteiger partial charge in [0.15, 0.2) is 0 Å². The molecule has 3 rings (SSSR count). The lowest BCUT2D eigenvalue weighted by molar-refractivity contribution is -0.160. The smallest absolute Gasteiger partial charge is 0.409 e. The summed E-state index contributed by atoms with van der Waals surface area (Å²) in [6.07, 6.45) is 8.13. The number of nitrogens with zero attached hydrogens (tertiary/aromatic N) is 1. The van der Waals surface area contributed by atoms with Crippen molar-refractivity contribution in [2.24, 2.45) is 17.8 Å². The number of nitrogens with one attached hydrogen (secondary N) is 1. The molecule has 3 fully saturated rings. The van der Waals surface area contributed by atoms with Gasteiger partial charge in [0.2, 0.25) is 5.91 Å². The van der Waals surface area contributed by atoms with Gasteiger partial charge in [0.25, 0.3) is 0 Å². The number of hydrogen-bond acceptors (Lipinski definition) is 5. The second kappa shape index (κ2) is 9.42. The van der Waals surface area contributed by atoms with Crippen molar-refractivity contribution >= 4 is 18.0 Å². The molecular formula is C20H32N2O5. The highest BCUT2D eigenvalue weighted by Crippen LogP contribution is 2.30. The summed E-state index contributed by atoms with van der Waals surface area (Å²) in [5.74, 6) is -0.0385. The molecule has 1 N–H and O–H groups in total. The van der Waals surface area contributed by atoms with Crippen LogP contribution in [0.4, 0.5) is 4.79 Å².